The molecule has 2 aliphatic heterocycles. The minimum absolute atomic E-state index is 0.0844. The summed E-state index contributed by atoms with van der Waals surface area (Å²) in [6.07, 6.45) is 0.638. The van der Waals surface area contributed by atoms with Crippen LogP contribution in [0.1, 0.15) is 36.1 Å². The zero-order valence-corrected chi connectivity index (χ0v) is 19.3. The van der Waals surface area contributed by atoms with Crippen LogP contribution in [0.15, 0.2) is 35.4 Å². The number of aromatic nitrogens is 1. The Kier molecular flexibility index (Phi) is 6.99. The van der Waals surface area contributed by atoms with E-state index in [2.05, 4.69) is 16.3 Å². The summed E-state index contributed by atoms with van der Waals surface area (Å²) in [6.45, 7) is 7.77. The van der Waals surface area contributed by atoms with Crippen LogP contribution in [0.4, 0.5) is 5.82 Å². The van der Waals surface area contributed by atoms with E-state index in [4.69, 9.17) is 14.5 Å². The van der Waals surface area contributed by atoms with E-state index >= 15 is 0 Å². The number of carbonyl (C=O) groups is 1. The summed E-state index contributed by atoms with van der Waals surface area (Å²) in [7, 11) is 0. The number of hydrogen-bond donors (Lipinski definition) is 1. The van der Waals surface area contributed by atoms with Crippen molar-refractivity contribution in [3.05, 3.63) is 52.6 Å². The summed E-state index contributed by atoms with van der Waals surface area (Å²) in [5, 5.41) is 13.5. The number of anilines is 1. The quantitative estimate of drug-likeness (QED) is 0.674. The molecule has 3 heterocycles. The van der Waals surface area contributed by atoms with Crippen LogP contribution >= 0.6 is 11.8 Å². The lowest BCUT2D eigenvalue weighted by Gasteiger charge is -2.36. The van der Waals surface area contributed by atoms with E-state index < -0.39 is 0 Å². The molecule has 1 N–H and O–H groups in total. The van der Waals surface area contributed by atoms with Gasteiger partial charge in [-0.2, -0.15) is 5.26 Å². The van der Waals surface area contributed by atoms with Crippen LogP contribution in [0.2, 0.25) is 0 Å². The highest BCUT2D eigenvalue weighted by molar-refractivity contribution is 8.00. The van der Waals surface area contributed by atoms with Gasteiger partial charge in [0.15, 0.2) is 0 Å². The molecule has 0 aliphatic carbocycles. The van der Waals surface area contributed by atoms with Gasteiger partial charge >= 0.3 is 0 Å². The first-order valence-corrected chi connectivity index (χ1v) is 11.8. The molecule has 7 nitrogen and oxygen atoms in total. The third-order valence-electron chi connectivity index (χ3n) is 5.66. The van der Waals surface area contributed by atoms with Crippen LogP contribution in [-0.2, 0) is 33.8 Å². The van der Waals surface area contributed by atoms with Gasteiger partial charge in [-0.25, -0.2) is 4.98 Å². The molecule has 0 bridgehead atoms. The molecule has 0 unspecified atom stereocenters. The van der Waals surface area contributed by atoms with Crippen molar-refractivity contribution in [1.29, 1.82) is 5.26 Å². The molecule has 2 aliphatic rings. The largest absolute Gasteiger partial charge is 0.378 e. The molecule has 0 saturated carbocycles. The summed E-state index contributed by atoms with van der Waals surface area (Å²) >= 11 is 1.32. The average molecular weight is 453 g/mol. The van der Waals surface area contributed by atoms with Gasteiger partial charge in [0.25, 0.3) is 0 Å². The molecular formula is C24H28N4O3S. The van der Waals surface area contributed by atoms with E-state index in [0.29, 0.717) is 43.4 Å². The fraction of sp³-hybridized carbons (Fsp3) is 0.458. The molecule has 0 radical (unpaired) electrons. The molecular weight excluding hydrogens is 424 g/mol. The second kappa shape index (κ2) is 9.90. The van der Waals surface area contributed by atoms with E-state index in [0.717, 1.165) is 35.6 Å². The Bertz CT molecular complexity index is 1010. The zero-order valence-electron chi connectivity index (χ0n) is 18.5. The third-order valence-corrected chi connectivity index (χ3v) is 6.64. The number of fused-ring (bicyclic) bond motifs is 1. The number of thioether (sulfide) groups is 1. The van der Waals surface area contributed by atoms with Crippen molar-refractivity contribution in [2.75, 3.05) is 37.0 Å². The molecule has 168 valence electrons. The van der Waals surface area contributed by atoms with Gasteiger partial charge in [-0.15, -0.1) is 0 Å². The van der Waals surface area contributed by atoms with Crippen molar-refractivity contribution >= 4 is 23.5 Å². The number of benzene rings is 1. The SMILES string of the molecule is CC1(C)Cc2c(C#N)c(SCC(=O)NCc3ccccc3)nc(N3CCOCC3)c2CO1. The van der Waals surface area contributed by atoms with E-state index in [1.807, 2.05) is 44.2 Å². The van der Waals surface area contributed by atoms with Crippen molar-refractivity contribution in [3.8, 4) is 6.07 Å². The van der Waals surface area contributed by atoms with Crippen LogP contribution in [0.25, 0.3) is 0 Å². The second-order valence-corrected chi connectivity index (χ2v) is 9.52. The van der Waals surface area contributed by atoms with E-state index in [1.54, 1.807) is 0 Å². The topological polar surface area (TPSA) is 87.5 Å². The van der Waals surface area contributed by atoms with Gasteiger partial charge in [0.2, 0.25) is 5.91 Å². The van der Waals surface area contributed by atoms with Crippen LogP contribution in [0, 0.1) is 11.3 Å². The Morgan fingerprint density at radius 2 is 2.00 bits per heavy atom. The van der Waals surface area contributed by atoms with E-state index in [9.17, 15) is 10.1 Å². The first kappa shape index (κ1) is 22.6. The normalized spacial score (nSPS) is 17.3. The number of hydrogen-bond acceptors (Lipinski definition) is 7. The van der Waals surface area contributed by atoms with Crippen molar-refractivity contribution < 1.29 is 14.3 Å². The molecule has 0 spiro atoms. The Morgan fingerprint density at radius 1 is 1.25 bits per heavy atom. The van der Waals surface area contributed by atoms with Crippen molar-refractivity contribution in [3.63, 3.8) is 0 Å². The fourth-order valence-electron chi connectivity index (χ4n) is 3.96. The molecule has 0 atom stereocenters. The van der Waals surface area contributed by atoms with Gasteiger partial charge in [0.1, 0.15) is 16.9 Å². The number of amides is 1. The number of nitrogens with one attached hydrogen (secondary N) is 1. The van der Waals surface area contributed by atoms with Gasteiger partial charge in [-0.1, -0.05) is 42.1 Å². The number of nitriles is 1. The molecule has 2 aromatic rings. The second-order valence-electron chi connectivity index (χ2n) is 8.56. The lowest BCUT2D eigenvalue weighted by Crippen LogP contribution is -2.39. The zero-order chi connectivity index (χ0) is 22.6. The van der Waals surface area contributed by atoms with Gasteiger partial charge in [-0.05, 0) is 25.0 Å². The number of rotatable bonds is 6. The van der Waals surface area contributed by atoms with Gasteiger partial charge in [-0.3, -0.25) is 4.79 Å². The maximum Gasteiger partial charge on any atom is 0.230 e. The fourth-order valence-corrected chi connectivity index (χ4v) is 4.80. The Hall–Kier alpha value is -2.60. The molecule has 1 fully saturated rings. The highest BCUT2D eigenvalue weighted by atomic mass is 32.2. The standard InChI is InChI=1S/C24H28N4O3S/c1-24(2)12-18-19(13-25)23(32-16-21(29)26-14-17-6-4-3-5-7-17)27-22(20(18)15-31-24)28-8-10-30-11-9-28/h3-7H,8-12,14-16H2,1-2H3,(H,26,29). The summed E-state index contributed by atoms with van der Waals surface area (Å²) in [5.41, 5.74) is 3.24. The number of ether oxygens (including phenoxy) is 2. The van der Waals surface area contributed by atoms with Crippen LogP contribution < -0.4 is 10.2 Å². The molecule has 1 saturated heterocycles. The van der Waals surface area contributed by atoms with Gasteiger partial charge in [0, 0.05) is 31.6 Å². The summed E-state index contributed by atoms with van der Waals surface area (Å²) in [6, 6.07) is 12.2. The minimum atomic E-state index is -0.350. The Balaban J connectivity index is 1.56. The van der Waals surface area contributed by atoms with Crippen LogP contribution in [-0.4, -0.2) is 48.5 Å². The number of pyridine rings is 1. The van der Waals surface area contributed by atoms with Gasteiger partial charge in [0.05, 0.1) is 36.7 Å². The molecule has 1 aromatic heterocycles. The lowest BCUT2D eigenvalue weighted by atomic mass is 9.89. The number of nitrogens with zero attached hydrogens (tertiary/aromatic N) is 3. The van der Waals surface area contributed by atoms with Crippen molar-refractivity contribution in [2.24, 2.45) is 0 Å². The van der Waals surface area contributed by atoms with Crippen molar-refractivity contribution in [2.45, 2.75) is 44.0 Å². The Labute approximate surface area is 193 Å². The smallest absolute Gasteiger partial charge is 0.230 e. The van der Waals surface area contributed by atoms with E-state index in [-0.39, 0.29) is 17.3 Å². The van der Waals surface area contributed by atoms with Crippen LogP contribution in [0.5, 0.6) is 0 Å². The summed E-state index contributed by atoms with van der Waals surface area (Å²) < 4.78 is 11.6. The predicted octanol–water partition coefficient (Wildman–Crippen LogP) is 3.05. The first-order valence-electron chi connectivity index (χ1n) is 10.8. The lowest BCUT2D eigenvalue weighted by molar-refractivity contribution is -0.118. The van der Waals surface area contributed by atoms with E-state index in [1.165, 1.54) is 11.8 Å². The maximum atomic E-state index is 12.5. The minimum Gasteiger partial charge on any atom is -0.378 e. The molecule has 1 amide bonds. The average Bonchev–Trinajstić information content (AvgIpc) is 2.81. The van der Waals surface area contributed by atoms with Crippen LogP contribution in [0.3, 0.4) is 0 Å². The summed E-state index contributed by atoms with van der Waals surface area (Å²) in [5.74, 6) is 0.972. The maximum absolute atomic E-state index is 12.5. The Morgan fingerprint density at radius 3 is 2.72 bits per heavy atom. The summed E-state index contributed by atoms with van der Waals surface area (Å²) in [4.78, 5) is 19.5. The number of morpholine rings is 1. The first-order chi connectivity index (χ1) is 15.5. The highest BCUT2D eigenvalue weighted by Gasteiger charge is 2.33. The van der Waals surface area contributed by atoms with Crippen molar-refractivity contribution in [1.82, 2.24) is 10.3 Å². The van der Waals surface area contributed by atoms with Gasteiger partial charge < -0.3 is 19.7 Å². The molecule has 8 heteroatoms. The number of carbonyl (C=O) groups excluding carboxylic acids is 1. The predicted molar refractivity (Wildman–Crippen MR) is 124 cm³/mol. The third kappa shape index (κ3) is 5.23. The monoisotopic (exact) mass is 452 g/mol. The molecule has 4 rings (SSSR count). The molecule has 1 aromatic carbocycles. The highest BCUT2D eigenvalue weighted by Crippen LogP contribution is 2.38. The molecule has 32 heavy (non-hydrogen) atoms.